The minimum atomic E-state index is -0.922. The molecule has 1 N–H and O–H groups in total. The highest BCUT2D eigenvalue weighted by molar-refractivity contribution is 7.09. The Labute approximate surface area is 149 Å². The average Bonchev–Trinajstić information content (AvgIpc) is 3.34. The first-order valence-corrected chi connectivity index (χ1v) is 9.49. The van der Waals surface area contributed by atoms with Gasteiger partial charge in [0.05, 0.1) is 12.7 Å². The molecular formula is C17H20N4O3S. The summed E-state index contributed by atoms with van der Waals surface area (Å²) < 4.78 is 1.63. The summed E-state index contributed by atoms with van der Waals surface area (Å²) in [6.07, 6.45) is 6.22. The van der Waals surface area contributed by atoms with Gasteiger partial charge in [-0.15, -0.1) is 16.4 Å². The molecule has 1 saturated carbocycles. The van der Waals surface area contributed by atoms with Crippen molar-refractivity contribution in [1.82, 2.24) is 19.9 Å². The fourth-order valence-corrected chi connectivity index (χ4v) is 4.84. The van der Waals surface area contributed by atoms with Gasteiger partial charge >= 0.3 is 5.97 Å². The molecule has 3 unspecified atom stereocenters. The van der Waals surface area contributed by atoms with Crippen LogP contribution >= 0.6 is 11.3 Å². The SMILES string of the molecule is O=C(O)C1CC2CCCCC2N1C(=O)c1cn(Cc2cccs2)nn1. The molecule has 3 heterocycles. The van der Waals surface area contributed by atoms with Gasteiger partial charge in [-0.2, -0.15) is 0 Å². The second-order valence-electron chi connectivity index (χ2n) is 6.79. The van der Waals surface area contributed by atoms with Crippen molar-refractivity contribution in [1.29, 1.82) is 0 Å². The highest BCUT2D eigenvalue weighted by Crippen LogP contribution is 2.40. The molecule has 1 saturated heterocycles. The van der Waals surface area contributed by atoms with E-state index < -0.39 is 12.0 Å². The molecule has 8 heteroatoms. The summed E-state index contributed by atoms with van der Waals surface area (Å²) in [6, 6.07) is 3.24. The summed E-state index contributed by atoms with van der Waals surface area (Å²) >= 11 is 1.62. The molecule has 0 bridgehead atoms. The number of hydrogen-bond donors (Lipinski definition) is 1. The number of likely N-dealkylation sites (tertiary alicyclic amines) is 1. The molecule has 132 valence electrons. The quantitative estimate of drug-likeness (QED) is 0.903. The highest BCUT2D eigenvalue weighted by atomic mass is 32.1. The molecule has 0 spiro atoms. The lowest BCUT2D eigenvalue weighted by atomic mass is 9.84. The van der Waals surface area contributed by atoms with Crippen LogP contribution in [0.2, 0.25) is 0 Å². The third-order valence-corrected chi connectivity index (χ3v) is 6.12. The number of carboxylic acid groups (broad SMARTS) is 1. The van der Waals surface area contributed by atoms with E-state index in [0.29, 0.717) is 18.9 Å². The van der Waals surface area contributed by atoms with E-state index in [9.17, 15) is 14.7 Å². The van der Waals surface area contributed by atoms with Gasteiger partial charge in [0.1, 0.15) is 6.04 Å². The van der Waals surface area contributed by atoms with Crippen molar-refractivity contribution in [3.05, 3.63) is 34.3 Å². The molecule has 1 aliphatic heterocycles. The zero-order valence-electron chi connectivity index (χ0n) is 13.7. The Bertz CT molecular complexity index is 773. The minimum Gasteiger partial charge on any atom is -0.480 e. The number of aliphatic carboxylic acids is 1. The summed E-state index contributed by atoms with van der Waals surface area (Å²) in [5, 5.41) is 19.6. The van der Waals surface area contributed by atoms with E-state index in [4.69, 9.17) is 0 Å². The molecule has 2 aromatic rings. The van der Waals surface area contributed by atoms with E-state index in [2.05, 4.69) is 10.3 Å². The predicted octanol–water partition coefficient (Wildman–Crippen LogP) is 2.25. The predicted molar refractivity (Wildman–Crippen MR) is 91.4 cm³/mol. The van der Waals surface area contributed by atoms with Crippen LogP contribution in [0.1, 0.15) is 47.5 Å². The Hall–Kier alpha value is -2.22. The van der Waals surface area contributed by atoms with Crippen LogP contribution in [0.5, 0.6) is 0 Å². The zero-order valence-corrected chi connectivity index (χ0v) is 14.6. The van der Waals surface area contributed by atoms with Crippen molar-refractivity contribution in [2.75, 3.05) is 0 Å². The number of hydrogen-bond acceptors (Lipinski definition) is 5. The number of aromatic nitrogens is 3. The van der Waals surface area contributed by atoms with E-state index in [1.807, 2.05) is 17.5 Å². The summed E-state index contributed by atoms with van der Waals surface area (Å²) in [4.78, 5) is 27.3. The number of thiophene rings is 1. The zero-order chi connectivity index (χ0) is 17.4. The van der Waals surface area contributed by atoms with Crippen LogP contribution < -0.4 is 0 Å². The maximum Gasteiger partial charge on any atom is 0.326 e. The van der Waals surface area contributed by atoms with E-state index in [0.717, 1.165) is 30.6 Å². The fraction of sp³-hybridized carbons (Fsp3) is 0.529. The molecule has 4 rings (SSSR count). The van der Waals surface area contributed by atoms with Crippen molar-refractivity contribution in [3.63, 3.8) is 0 Å². The van der Waals surface area contributed by atoms with Crippen LogP contribution in [0.4, 0.5) is 0 Å². The monoisotopic (exact) mass is 360 g/mol. The van der Waals surface area contributed by atoms with E-state index in [1.54, 1.807) is 27.1 Å². The molecular weight excluding hydrogens is 340 g/mol. The summed E-state index contributed by atoms with van der Waals surface area (Å²) in [5.41, 5.74) is 0.231. The Kier molecular flexibility index (Phi) is 4.29. The van der Waals surface area contributed by atoms with Crippen molar-refractivity contribution >= 4 is 23.2 Å². The minimum absolute atomic E-state index is 0.0183. The third kappa shape index (κ3) is 3.06. The van der Waals surface area contributed by atoms with E-state index in [-0.39, 0.29) is 17.6 Å². The van der Waals surface area contributed by atoms with Crippen LogP contribution in [0.15, 0.2) is 23.7 Å². The number of carbonyl (C=O) groups is 2. The molecule has 1 amide bonds. The molecule has 0 aromatic carbocycles. The maximum atomic E-state index is 13.0. The second kappa shape index (κ2) is 6.59. The Morgan fingerprint density at radius 1 is 1.32 bits per heavy atom. The molecule has 1 aliphatic carbocycles. The molecule has 3 atom stereocenters. The molecule has 2 aromatic heterocycles. The number of carboxylic acids is 1. The standard InChI is InChI=1S/C17H20N4O3S/c22-16(13-10-20(19-18-13)9-12-5-3-7-25-12)21-14-6-2-1-4-11(14)8-15(21)17(23)24/h3,5,7,10-11,14-15H,1-2,4,6,8-9H2,(H,23,24). The van der Waals surface area contributed by atoms with Gasteiger partial charge in [0, 0.05) is 10.9 Å². The lowest BCUT2D eigenvalue weighted by Gasteiger charge is -2.32. The van der Waals surface area contributed by atoms with E-state index in [1.165, 1.54) is 0 Å². The van der Waals surface area contributed by atoms with Crippen LogP contribution in [-0.4, -0.2) is 49.0 Å². The van der Waals surface area contributed by atoms with Gasteiger partial charge in [-0.1, -0.05) is 24.1 Å². The highest BCUT2D eigenvalue weighted by Gasteiger charge is 2.48. The smallest absolute Gasteiger partial charge is 0.326 e. The van der Waals surface area contributed by atoms with Crippen LogP contribution in [0, 0.1) is 5.92 Å². The van der Waals surface area contributed by atoms with Crippen LogP contribution in [0.25, 0.3) is 0 Å². The lowest BCUT2D eigenvalue weighted by molar-refractivity contribution is -0.141. The summed E-state index contributed by atoms with van der Waals surface area (Å²) in [6.45, 7) is 0.562. The fourth-order valence-electron chi connectivity index (χ4n) is 4.14. The van der Waals surface area contributed by atoms with Gasteiger partial charge in [0.15, 0.2) is 5.69 Å². The average molecular weight is 360 g/mol. The topological polar surface area (TPSA) is 88.3 Å². The Balaban J connectivity index is 1.56. The Morgan fingerprint density at radius 3 is 2.92 bits per heavy atom. The van der Waals surface area contributed by atoms with Crippen LogP contribution in [0.3, 0.4) is 0 Å². The number of carbonyl (C=O) groups excluding carboxylic acids is 1. The molecule has 25 heavy (non-hydrogen) atoms. The molecule has 2 aliphatic rings. The summed E-state index contributed by atoms with van der Waals surface area (Å²) in [7, 11) is 0. The van der Waals surface area contributed by atoms with Gasteiger partial charge in [0.25, 0.3) is 5.91 Å². The van der Waals surface area contributed by atoms with Crippen LogP contribution in [-0.2, 0) is 11.3 Å². The second-order valence-corrected chi connectivity index (χ2v) is 7.83. The van der Waals surface area contributed by atoms with Crippen molar-refractivity contribution in [2.45, 2.75) is 50.7 Å². The molecule has 7 nitrogen and oxygen atoms in total. The number of amides is 1. The number of fused-ring (bicyclic) bond motifs is 1. The van der Waals surface area contributed by atoms with Gasteiger partial charge in [-0.25, -0.2) is 9.48 Å². The first-order chi connectivity index (χ1) is 12.1. The van der Waals surface area contributed by atoms with E-state index >= 15 is 0 Å². The first kappa shape index (κ1) is 16.3. The van der Waals surface area contributed by atoms with Gasteiger partial charge in [0.2, 0.25) is 0 Å². The summed E-state index contributed by atoms with van der Waals surface area (Å²) in [5.74, 6) is -0.937. The van der Waals surface area contributed by atoms with Gasteiger partial charge in [-0.05, 0) is 36.6 Å². The molecule has 2 fully saturated rings. The molecule has 0 radical (unpaired) electrons. The Morgan fingerprint density at radius 2 is 2.16 bits per heavy atom. The van der Waals surface area contributed by atoms with Crippen molar-refractivity contribution in [2.24, 2.45) is 5.92 Å². The largest absolute Gasteiger partial charge is 0.480 e. The van der Waals surface area contributed by atoms with Gasteiger partial charge < -0.3 is 10.0 Å². The normalized spacial score (nSPS) is 25.8. The lowest BCUT2D eigenvalue weighted by Crippen LogP contribution is -2.46. The third-order valence-electron chi connectivity index (χ3n) is 5.26. The van der Waals surface area contributed by atoms with Gasteiger partial charge in [-0.3, -0.25) is 4.79 Å². The first-order valence-electron chi connectivity index (χ1n) is 8.61. The number of nitrogens with zero attached hydrogens (tertiary/aromatic N) is 4. The van der Waals surface area contributed by atoms with Crippen molar-refractivity contribution < 1.29 is 14.7 Å². The number of rotatable bonds is 4. The maximum absolute atomic E-state index is 13.0. The van der Waals surface area contributed by atoms with Crippen molar-refractivity contribution in [3.8, 4) is 0 Å².